The zero-order valence-electron chi connectivity index (χ0n) is 17.7. The lowest BCUT2D eigenvalue weighted by Gasteiger charge is -2.29. The predicted molar refractivity (Wildman–Crippen MR) is 126 cm³/mol. The van der Waals surface area contributed by atoms with Crippen LogP contribution in [0.25, 0.3) is 0 Å². The van der Waals surface area contributed by atoms with Gasteiger partial charge in [0.05, 0.1) is 13.2 Å². The average molecular weight is 508 g/mol. The van der Waals surface area contributed by atoms with Crippen molar-refractivity contribution in [3.05, 3.63) is 0 Å². The first-order valence-corrected chi connectivity index (χ1v) is 11.3. The summed E-state index contributed by atoms with van der Waals surface area (Å²) in [5, 5.41) is 3.49. The van der Waals surface area contributed by atoms with E-state index < -0.39 is 0 Å². The SMILES string of the molecule is CCNC(=NCCCOCC1CCOC1)N1CCC(CN2CCCCC2)C1.I. The Morgan fingerprint density at radius 1 is 1.14 bits per heavy atom. The van der Waals surface area contributed by atoms with Crippen molar-refractivity contribution in [1.82, 2.24) is 15.1 Å². The molecule has 2 unspecified atom stereocenters. The van der Waals surface area contributed by atoms with E-state index in [4.69, 9.17) is 14.5 Å². The van der Waals surface area contributed by atoms with Gasteiger partial charge < -0.3 is 24.6 Å². The van der Waals surface area contributed by atoms with Gasteiger partial charge >= 0.3 is 0 Å². The first-order chi connectivity index (χ1) is 13.3. The van der Waals surface area contributed by atoms with Crippen molar-refractivity contribution in [2.45, 2.75) is 45.4 Å². The molecular weight excluding hydrogens is 467 g/mol. The van der Waals surface area contributed by atoms with Crippen LogP contribution in [-0.2, 0) is 9.47 Å². The molecule has 0 radical (unpaired) electrons. The monoisotopic (exact) mass is 508 g/mol. The van der Waals surface area contributed by atoms with Crippen molar-refractivity contribution >= 4 is 29.9 Å². The van der Waals surface area contributed by atoms with Gasteiger partial charge in [0.25, 0.3) is 0 Å². The Morgan fingerprint density at radius 2 is 2.00 bits per heavy atom. The van der Waals surface area contributed by atoms with Crippen LogP contribution in [0.4, 0.5) is 0 Å². The molecule has 3 aliphatic heterocycles. The number of halogens is 1. The molecule has 0 bridgehead atoms. The van der Waals surface area contributed by atoms with E-state index in [0.29, 0.717) is 5.92 Å². The second-order valence-corrected chi connectivity index (χ2v) is 8.36. The Kier molecular flexibility index (Phi) is 12.1. The first kappa shape index (κ1) is 24.2. The summed E-state index contributed by atoms with van der Waals surface area (Å²) in [7, 11) is 0. The quantitative estimate of drug-likeness (QED) is 0.225. The minimum absolute atomic E-state index is 0. The van der Waals surface area contributed by atoms with Gasteiger partial charge in [-0.25, -0.2) is 0 Å². The first-order valence-electron chi connectivity index (χ1n) is 11.3. The number of hydrogen-bond donors (Lipinski definition) is 1. The molecule has 0 amide bonds. The van der Waals surface area contributed by atoms with Gasteiger partial charge in [-0.2, -0.15) is 0 Å². The minimum Gasteiger partial charge on any atom is -0.381 e. The smallest absolute Gasteiger partial charge is 0.193 e. The fraction of sp³-hybridized carbons (Fsp3) is 0.952. The van der Waals surface area contributed by atoms with Gasteiger partial charge in [-0.3, -0.25) is 4.99 Å². The number of piperidine rings is 1. The van der Waals surface area contributed by atoms with Crippen LogP contribution >= 0.6 is 24.0 Å². The van der Waals surface area contributed by atoms with Crippen LogP contribution < -0.4 is 5.32 Å². The molecular formula is C21H41IN4O2. The number of nitrogens with one attached hydrogen (secondary N) is 1. The maximum atomic E-state index is 5.80. The highest BCUT2D eigenvalue weighted by Crippen LogP contribution is 2.20. The summed E-state index contributed by atoms with van der Waals surface area (Å²) in [6, 6.07) is 0. The lowest BCUT2D eigenvalue weighted by molar-refractivity contribution is 0.0893. The fourth-order valence-electron chi connectivity index (χ4n) is 4.42. The Balaban J connectivity index is 0.00000280. The van der Waals surface area contributed by atoms with Crippen molar-refractivity contribution in [2.24, 2.45) is 16.8 Å². The summed E-state index contributed by atoms with van der Waals surface area (Å²) >= 11 is 0. The lowest BCUT2D eigenvalue weighted by Crippen LogP contribution is -2.41. The van der Waals surface area contributed by atoms with E-state index in [2.05, 4.69) is 22.0 Å². The van der Waals surface area contributed by atoms with Crippen LogP contribution in [0.3, 0.4) is 0 Å². The maximum absolute atomic E-state index is 5.80. The van der Waals surface area contributed by atoms with Gasteiger partial charge in [-0.1, -0.05) is 6.42 Å². The molecule has 0 aromatic rings. The summed E-state index contributed by atoms with van der Waals surface area (Å²) in [5.74, 6) is 2.50. The Hall–Kier alpha value is -0.120. The highest BCUT2D eigenvalue weighted by atomic mass is 127. The summed E-state index contributed by atoms with van der Waals surface area (Å²) < 4.78 is 11.2. The number of likely N-dealkylation sites (tertiary alicyclic amines) is 2. The van der Waals surface area contributed by atoms with E-state index >= 15 is 0 Å². The van der Waals surface area contributed by atoms with Crippen LogP contribution in [0.1, 0.15) is 45.4 Å². The second kappa shape index (κ2) is 14.0. The molecule has 3 heterocycles. The molecule has 0 aliphatic carbocycles. The number of rotatable bonds is 9. The van der Waals surface area contributed by atoms with E-state index in [1.54, 1.807) is 0 Å². The molecule has 7 heteroatoms. The Bertz CT molecular complexity index is 440. The van der Waals surface area contributed by atoms with Crippen molar-refractivity contribution < 1.29 is 9.47 Å². The van der Waals surface area contributed by atoms with E-state index in [-0.39, 0.29) is 24.0 Å². The van der Waals surface area contributed by atoms with Crippen LogP contribution in [-0.4, -0.2) is 88.0 Å². The molecule has 0 aromatic carbocycles. The molecule has 28 heavy (non-hydrogen) atoms. The summed E-state index contributed by atoms with van der Waals surface area (Å²) in [6.45, 7) is 13.5. The Labute approximate surface area is 188 Å². The van der Waals surface area contributed by atoms with Crippen molar-refractivity contribution in [2.75, 3.05) is 72.2 Å². The molecule has 0 spiro atoms. The molecule has 3 fully saturated rings. The number of nitrogens with zero attached hydrogens (tertiary/aromatic N) is 3. The predicted octanol–water partition coefficient (Wildman–Crippen LogP) is 2.82. The minimum atomic E-state index is 0. The van der Waals surface area contributed by atoms with Crippen molar-refractivity contribution in [3.8, 4) is 0 Å². The number of aliphatic imine (C=N–C) groups is 1. The van der Waals surface area contributed by atoms with Crippen molar-refractivity contribution in [1.29, 1.82) is 0 Å². The van der Waals surface area contributed by atoms with Crippen LogP contribution in [0.5, 0.6) is 0 Å². The van der Waals surface area contributed by atoms with Gasteiger partial charge in [0.1, 0.15) is 0 Å². The van der Waals surface area contributed by atoms with E-state index in [9.17, 15) is 0 Å². The zero-order chi connectivity index (χ0) is 18.7. The molecule has 2 atom stereocenters. The fourth-order valence-corrected chi connectivity index (χ4v) is 4.42. The Morgan fingerprint density at radius 3 is 2.75 bits per heavy atom. The van der Waals surface area contributed by atoms with Crippen molar-refractivity contribution in [3.63, 3.8) is 0 Å². The third kappa shape index (κ3) is 8.32. The molecule has 164 valence electrons. The maximum Gasteiger partial charge on any atom is 0.193 e. The van der Waals surface area contributed by atoms with Gasteiger partial charge in [0.2, 0.25) is 0 Å². The third-order valence-corrected chi connectivity index (χ3v) is 5.97. The van der Waals surface area contributed by atoms with Gasteiger partial charge in [0, 0.05) is 51.9 Å². The number of hydrogen-bond acceptors (Lipinski definition) is 4. The highest BCUT2D eigenvalue weighted by molar-refractivity contribution is 14.0. The number of guanidine groups is 1. The van der Waals surface area contributed by atoms with E-state index in [0.717, 1.165) is 77.3 Å². The van der Waals surface area contributed by atoms with Gasteiger partial charge in [-0.15, -0.1) is 24.0 Å². The third-order valence-electron chi connectivity index (χ3n) is 5.97. The van der Waals surface area contributed by atoms with Crippen LogP contribution in [0.2, 0.25) is 0 Å². The van der Waals surface area contributed by atoms with Gasteiger partial charge in [-0.05, 0) is 58.0 Å². The molecule has 6 nitrogen and oxygen atoms in total. The van der Waals surface area contributed by atoms with Crippen LogP contribution in [0.15, 0.2) is 4.99 Å². The molecule has 3 rings (SSSR count). The summed E-state index contributed by atoms with van der Waals surface area (Å²) in [5.41, 5.74) is 0. The lowest BCUT2D eigenvalue weighted by atomic mass is 10.1. The normalized spacial score (nSPS) is 26.5. The second-order valence-electron chi connectivity index (χ2n) is 8.36. The molecule has 3 aliphatic rings. The molecule has 1 N–H and O–H groups in total. The van der Waals surface area contributed by atoms with Gasteiger partial charge in [0.15, 0.2) is 5.96 Å². The van der Waals surface area contributed by atoms with E-state index in [1.165, 1.54) is 45.3 Å². The number of ether oxygens (including phenoxy) is 2. The molecule has 0 saturated carbocycles. The topological polar surface area (TPSA) is 49.3 Å². The molecule has 0 aromatic heterocycles. The van der Waals surface area contributed by atoms with E-state index in [1.807, 2.05) is 0 Å². The standard InChI is InChI=1S/C21H40N4O2.HI/c1-2-22-21(23-9-6-13-26-17-20-8-14-27-18-20)25-12-7-19(16-25)15-24-10-4-3-5-11-24;/h19-20H,2-18H2,1H3,(H,22,23);1H. The van der Waals surface area contributed by atoms with Crippen LogP contribution in [0, 0.1) is 11.8 Å². The zero-order valence-corrected chi connectivity index (χ0v) is 20.1. The molecule has 3 saturated heterocycles. The largest absolute Gasteiger partial charge is 0.381 e. The summed E-state index contributed by atoms with van der Waals surface area (Å²) in [6.07, 6.45) is 7.63. The average Bonchev–Trinajstić information content (AvgIpc) is 3.36. The highest BCUT2D eigenvalue weighted by Gasteiger charge is 2.26. The summed E-state index contributed by atoms with van der Waals surface area (Å²) in [4.78, 5) is 10.0.